The summed E-state index contributed by atoms with van der Waals surface area (Å²) in [6.45, 7) is 2.39. The number of carbonyl (C=O) groups excluding carboxylic acids is 1. The van der Waals surface area contributed by atoms with Crippen molar-refractivity contribution in [3.8, 4) is 11.4 Å². The van der Waals surface area contributed by atoms with Crippen molar-refractivity contribution >= 4 is 17.6 Å². The Morgan fingerprint density at radius 3 is 2.79 bits per heavy atom. The highest BCUT2D eigenvalue weighted by Gasteiger charge is 2.18. The average Bonchev–Trinajstić information content (AvgIpc) is 3.04. The van der Waals surface area contributed by atoms with Crippen LogP contribution in [0.4, 0.5) is 0 Å². The molecule has 8 heteroatoms. The summed E-state index contributed by atoms with van der Waals surface area (Å²) >= 11 is 6.12. The van der Waals surface area contributed by atoms with E-state index in [4.69, 9.17) is 25.8 Å². The van der Waals surface area contributed by atoms with E-state index < -0.39 is 5.97 Å². The number of hydrogen-bond donors (Lipinski definition) is 1. The normalized spacial score (nSPS) is 12.9. The summed E-state index contributed by atoms with van der Waals surface area (Å²) in [6, 6.07) is 10.1. The van der Waals surface area contributed by atoms with Gasteiger partial charge in [-0.05, 0) is 43.3 Å². The second-order valence-corrected chi connectivity index (χ2v) is 6.79. The fourth-order valence-corrected chi connectivity index (χ4v) is 3.38. The highest BCUT2D eigenvalue weighted by Crippen LogP contribution is 2.32. The molecule has 2 heterocycles. The van der Waals surface area contributed by atoms with Gasteiger partial charge in [0.2, 0.25) is 0 Å². The van der Waals surface area contributed by atoms with Crippen LogP contribution in [0.1, 0.15) is 27.2 Å². The van der Waals surface area contributed by atoms with E-state index in [2.05, 4.69) is 4.98 Å². The fourth-order valence-electron chi connectivity index (χ4n) is 3.11. The molecule has 0 bridgehead atoms. The number of benzene rings is 2. The van der Waals surface area contributed by atoms with Crippen LogP contribution in [0.3, 0.4) is 0 Å². The Balaban J connectivity index is 1.49. The van der Waals surface area contributed by atoms with Crippen LogP contribution in [0.25, 0.3) is 5.69 Å². The van der Waals surface area contributed by atoms with Crippen LogP contribution in [0.2, 0.25) is 5.02 Å². The third-order valence-corrected chi connectivity index (χ3v) is 4.65. The zero-order valence-corrected chi connectivity index (χ0v) is 15.8. The van der Waals surface area contributed by atoms with E-state index in [1.165, 1.54) is 4.57 Å². The van der Waals surface area contributed by atoms with Crippen LogP contribution in [0.5, 0.6) is 5.75 Å². The number of halogens is 1. The zero-order valence-electron chi connectivity index (χ0n) is 15.0. The number of H-pyrrole nitrogens is 1. The lowest BCUT2D eigenvalue weighted by Crippen LogP contribution is -2.16. The van der Waals surface area contributed by atoms with Crippen LogP contribution in [-0.2, 0) is 22.7 Å². The second kappa shape index (κ2) is 7.53. The number of ether oxygens (including phenoxy) is 3. The number of aromatic amines is 1. The lowest BCUT2D eigenvalue weighted by atomic mass is 10.1. The van der Waals surface area contributed by atoms with Gasteiger partial charge in [0.1, 0.15) is 12.4 Å². The summed E-state index contributed by atoms with van der Waals surface area (Å²) in [7, 11) is 0. The fraction of sp³-hybridized carbons (Fsp3) is 0.200. The predicted octanol–water partition coefficient (Wildman–Crippen LogP) is 3.35. The van der Waals surface area contributed by atoms with Crippen LogP contribution in [-0.4, -0.2) is 22.3 Å². The third kappa shape index (κ3) is 3.54. The van der Waals surface area contributed by atoms with Gasteiger partial charge in [0.05, 0.1) is 17.9 Å². The average molecular weight is 401 g/mol. The van der Waals surface area contributed by atoms with Crippen molar-refractivity contribution in [3.63, 3.8) is 0 Å². The smallest absolute Gasteiger partial charge is 0.338 e. The molecule has 28 heavy (non-hydrogen) atoms. The molecule has 0 unspecified atom stereocenters. The Morgan fingerprint density at radius 1 is 1.29 bits per heavy atom. The molecule has 3 aromatic rings. The Morgan fingerprint density at radius 2 is 2.07 bits per heavy atom. The highest BCUT2D eigenvalue weighted by atomic mass is 35.5. The van der Waals surface area contributed by atoms with Gasteiger partial charge < -0.3 is 19.2 Å². The minimum absolute atomic E-state index is 0.0276. The number of fused-ring (bicyclic) bond motifs is 1. The molecule has 1 aliphatic rings. The van der Waals surface area contributed by atoms with Crippen molar-refractivity contribution in [2.45, 2.75) is 20.1 Å². The van der Waals surface area contributed by atoms with Gasteiger partial charge in [0, 0.05) is 28.0 Å². The van der Waals surface area contributed by atoms with Crippen LogP contribution in [0.15, 0.2) is 47.4 Å². The molecule has 144 valence electrons. The first-order valence-corrected chi connectivity index (χ1v) is 8.97. The summed E-state index contributed by atoms with van der Waals surface area (Å²) in [5.74, 6) is 0.159. The van der Waals surface area contributed by atoms with E-state index in [1.807, 2.05) is 6.92 Å². The standard InChI is InChI=1S/C20H17ClN2O5/c1-12-8-22-20(25)23(12)17-4-2-13(3-5-17)19(24)27-10-15-7-16(21)6-14-9-26-11-28-18(14)15/h2-8H,9-11H2,1H3,(H,22,25). The molecular weight excluding hydrogens is 384 g/mol. The van der Waals surface area contributed by atoms with E-state index in [9.17, 15) is 9.59 Å². The first kappa shape index (κ1) is 18.3. The van der Waals surface area contributed by atoms with Gasteiger partial charge in [-0.15, -0.1) is 0 Å². The van der Waals surface area contributed by atoms with Gasteiger partial charge in [-0.3, -0.25) is 4.57 Å². The Hall–Kier alpha value is -3.03. The zero-order chi connectivity index (χ0) is 19.7. The molecule has 0 aliphatic carbocycles. The number of aryl methyl sites for hydroxylation is 1. The number of imidazole rings is 1. The van der Waals surface area contributed by atoms with Crippen molar-refractivity contribution in [1.82, 2.24) is 9.55 Å². The maximum Gasteiger partial charge on any atom is 0.338 e. The van der Waals surface area contributed by atoms with Crippen LogP contribution in [0, 0.1) is 6.92 Å². The maximum absolute atomic E-state index is 12.4. The van der Waals surface area contributed by atoms with Gasteiger partial charge in [-0.2, -0.15) is 0 Å². The van der Waals surface area contributed by atoms with Crippen LogP contribution >= 0.6 is 11.6 Å². The number of esters is 1. The molecule has 0 saturated heterocycles. The molecule has 4 rings (SSSR count). The van der Waals surface area contributed by atoms with Crippen molar-refractivity contribution in [3.05, 3.63) is 80.5 Å². The first-order chi connectivity index (χ1) is 13.5. The molecule has 1 aliphatic heterocycles. The molecule has 7 nitrogen and oxygen atoms in total. The number of nitrogens with zero attached hydrogens (tertiary/aromatic N) is 1. The molecule has 1 aromatic heterocycles. The van der Waals surface area contributed by atoms with Gasteiger partial charge in [0.15, 0.2) is 6.79 Å². The van der Waals surface area contributed by atoms with Gasteiger partial charge in [0.25, 0.3) is 0 Å². The lowest BCUT2D eigenvalue weighted by Gasteiger charge is -2.21. The van der Waals surface area contributed by atoms with Gasteiger partial charge in [-0.25, -0.2) is 9.59 Å². The van der Waals surface area contributed by atoms with E-state index in [0.29, 0.717) is 34.2 Å². The van der Waals surface area contributed by atoms with Crippen molar-refractivity contribution < 1.29 is 19.0 Å². The molecule has 1 N–H and O–H groups in total. The molecule has 0 saturated carbocycles. The van der Waals surface area contributed by atoms with E-state index >= 15 is 0 Å². The topological polar surface area (TPSA) is 82.6 Å². The van der Waals surface area contributed by atoms with Crippen molar-refractivity contribution in [1.29, 1.82) is 0 Å². The van der Waals surface area contributed by atoms with E-state index in [-0.39, 0.29) is 19.1 Å². The monoisotopic (exact) mass is 400 g/mol. The number of carbonyl (C=O) groups is 1. The SMILES string of the molecule is Cc1c[nH]c(=O)n1-c1ccc(C(=O)OCc2cc(Cl)cc3c2OCOC3)cc1. The minimum atomic E-state index is -0.481. The Kier molecular flexibility index (Phi) is 4.93. The second-order valence-electron chi connectivity index (χ2n) is 6.36. The largest absolute Gasteiger partial charge is 0.467 e. The Bertz CT molecular complexity index is 1080. The molecule has 0 radical (unpaired) electrons. The van der Waals surface area contributed by atoms with E-state index in [0.717, 1.165) is 11.3 Å². The Labute approximate surface area is 165 Å². The molecule has 0 fully saturated rings. The van der Waals surface area contributed by atoms with E-state index in [1.54, 1.807) is 42.6 Å². The highest BCUT2D eigenvalue weighted by molar-refractivity contribution is 6.30. The van der Waals surface area contributed by atoms with Gasteiger partial charge >= 0.3 is 11.7 Å². The molecule has 0 amide bonds. The lowest BCUT2D eigenvalue weighted by molar-refractivity contribution is -0.0180. The summed E-state index contributed by atoms with van der Waals surface area (Å²) in [6.07, 6.45) is 1.63. The number of aromatic nitrogens is 2. The number of nitrogens with one attached hydrogen (secondary N) is 1. The van der Waals surface area contributed by atoms with Gasteiger partial charge in [-0.1, -0.05) is 11.6 Å². The van der Waals surface area contributed by atoms with Crippen molar-refractivity contribution in [2.75, 3.05) is 6.79 Å². The van der Waals surface area contributed by atoms with Crippen molar-refractivity contribution in [2.24, 2.45) is 0 Å². The molecule has 0 atom stereocenters. The van der Waals surface area contributed by atoms with Crippen LogP contribution < -0.4 is 10.4 Å². The minimum Gasteiger partial charge on any atom is -0.467 e. The number of hydrogen-bond acceptors (Lipinski definition) is 5. The maximum atomic E-state index is 12.4. The number of rotatable bonds is 4. The first-order valence-electron chi connectivity index (χ1n) is 8.59. The third-order valence-electron chi connectivity index (χ3n) is 4.43. The summed E-state index contributed by atoms with van der Waals surface area (Å²) < 4.78 is 17.7. The predicted molar refractivity (Wildman–Crippen MR) is 102 cm³/mol. The molecular formula is C20H17ClN2O5. The molecule has 0 spiro atoms. The molecule has 2 aromatic carbocycles. The quantitative estimate of drug-likeness (QED) is 0.679. The summed E-state index contributed by atoms with van der Waals surface area (Å²) in [5, 5.41) is 0.524. The summed E-state index contributed by atoms with van der Waals surface area (Å²) in [4.78, 5) is 26.9. The summed E-state index contributed by atoms with van der Waals surface area (Å²) in [5.41, 5.74) is 3.09.